The quantitative estimate of drug-likeness (QED) is 0.852. The van der Waals surface area contributed by atoms with Gasteiger partial charge in [-0.25, -0.2) is 4.79 Å². The number of methoxy groups -OCH3 is 2. The van der Waals surface area contributed by atoms with Gasteiger partial charge in [0.1, 0.15) is 5.76 Å². The number of hydrogen-bond acceptors (Lipinski definition) is 4. The van der Waals surface area contributed by atoms with Gasteiger partial charge in [-0.05, 0) is 24.3 Å². The second-order valence-electron chi connectivity index (χ2n) is 4.88. The van der Waals surface area contributed by atoms with Crippen LogP contribution >= 0.6 is 0 Å². The maximum Gasteiger partial charge on any atom is 0.324 e. The van der Waals surface area contributed by atoms with E-state index in [0.717, 1.165) is 0 Å². The van der Waals surface area contributed by atoms with Crippen LogP contribution in [0.15, 0.2) is 41.0 Å². The predicted molar refractivity (Wildman–Crippen MR) is 83.5 cm³/mol. The van der Waals surface area contributed by atoms with E-state index in [1.165, 1.54) is 4.90 Å². The fourth-order valence-electron chi connectivity index (χ4n) is 2.06. The average Bonchev–Trinajstić information content (AvgIpc) is 3.04. The zero-order chi connectivity index (χ0) is 16.1. The summed E-state index contributed by atoms with van der Waals surface area (Å²) in [4.78, 5) is 15.6. The summed E-state index contributed by atoms with van der Waals surface area (Å²) in [5.74, 6) is 1.88. The molecule has 0 spiro atoms. The zero-order valence-corrected chi connectivity index (χ0v) is 13.2. The van der Waals surface area contributed by atoms with E-state index in [9.17, 15) is 4.79 Å². The van der Waals surface area contributed by atoms with Crippen molar-refractivity contribution >= 4 is 11.7 Å². The van der Waals surface area contributed by atoms with Crippen LogP contribution in [0.3, 0.4) is 0 Å². The third kappa shape index (κ3) is 3.33. The molecule has 0 saturated heterocycles. The molecule has 2 rings (SSSR count). The van der Waals surface area contributed by atoms with Gasteiger partial charge in [-0.3, -0.25) is 4.90 Å². The summed E-state index contributed by atoms with van der Waals surface area (Å²) < 4.78 is 15.9. The molecule has 6 heteroatoms. The molecule has 0 aliphatic heterocycles. The number of carbonyl (C=O) groups is 1. The first-order chi connectivity index (χ1) is 10.6. The van der Waals surface area contributed by atoms with E-state index in [1.54, 1.807) is 57.7 Å². The maximum atomic E-state index is 12.5. The lowest BCUT2D eigenvalue weighted by molar-refractivity contribution is 0.223. The van der Waals surface area contributed by atoms with Gasteiger partial charge in [-0.2, -0.15) is 0 Å². The highest BCUT2D eigenvalue weighted by molar-refractivity contribution is 5.92. The van der Waals surface area contributed by atoms with Gasteiger partial charge >= 0.3 is 6.03 Å². The molecule has 0 bridgehead atoms. The number of ether oxygens (including phenoxy) is 2. The Balaban J connectivity index is 2.37. The minimum Gasteiger partial charge on any atom is -0.493 e. The van der Waals surface area contributed by atoms with Crippen molar-refractivity contribution in [3.8, 4) is 11.5 Å². The molecular weight excluding hydrogens is 284 g/mol. The summed E-state index contributed by atoms with van der Waals surface area (Å²) in [5.41, 5.74) is 0.702. The standard InChI is InChI=1S/C16H20N2O4/c1-17(2)16(19)18(11-13-6-5-9-22-13)12-7-8-14(20-3)15(10-12)21-4/h5-10H,11H2,1-4H3. The van der Waals surface area contributed by atoms with E-state index in [-0.39, 0.29) is 6.03 Å². The van der Waals surface area contributed by atoms with Crippen molar-refractivity contribution < 1.29 is 18.7 Å². The number of benzene rings is 1. The second-order valence-corrected chi connectivity index (χ2v) is 4.88. The van der Waals surface area contributed by atoms with Crippen molar-refractivity contribution in [1.82, 2.24) is 4.90 Å². The van der Waals surface area contributed by atoms with Crippen LogP contribution in [0.25, 0.3) is 0 Å². The highest BCUT2D eigenvalue weighted by atomic mass is 16.5. The molecule has 2 aromatic rings. The lowest BCUT2D eigenvalue weighted by Crippen LogP contribution is -2.38. The summed E-state index contributed by atoms with van der Waals surface area (Å²) in [7, 11) is 6.55. The van der Waals surface area contributed by atoms with Crippen LogP contribution < -0.4 is 14.4 Å². The van der Waals surface area contributed by atoms with Gasteiger partial charge in [0.15, 0.2) is 11.5 Å². The highest BCUT2D eigenvalue weighted by Crippen LogP contribution is 2.32. The molecule has 1 aromatic heterocycles. The van der Waals surface area contributed by atoms with Gasteiger partial charge in [0.25, 0.3) is 0 Å². The van der Waals surface area contributed by atoms with Crippen molar-refractivity contribution in [2.75, 3.05) is 33.2 Å². The molecule has 0 saturated carbocycles. The summed E-state index contributed by atoms with van der Waals surface area (Å²) in [5, 5.41) is 0. The van der Waals surface area contributed by atoms with Crippen molar-refractivity contribution in [3.05, 3.63) is 42.4 Å². The third-order valence-corrected chi connectivity index (χ3v) is 3.19. The number of anilines is 1. The van der Waals surface area contributed by atoms with Gasteiger partial charge < -0.3 is 18.8 Å². The lowest BCUT2D eigenvalue weighted by Gasteiger charge is -2.26. The van der Waals surface area contributed by atoms with Crippen molar-refractivity contribution in [2.24, 2.45) is 0 Å². The fraction of sp³-hybridized carbons (Fsp3) is 0.312. The highest BCUT2D eigenvalue weighted by Gasteiger charge is 2.20. The smallest absolute Gasteiger partial charge is 0.324 e. The predicted octanol–water partition coefficient (Wildman–Crippen LogP) is 2.99. The first-order valence-corrected chi connectivity index (χ1v) is 6.80. The van der Waals surface area contributed by atoms with E-state index in [0.29, 0.717) is 29.5 Å². The lowest BCUT2D eigenvalue weighted by atomic mass is 10.2. The molecule has 0 N–H and O–H groups in total. The molecule has 0 radical (unpaired) electrons. The molecule has 0 atom stereocenters. The number of rotatable bonds is 5. The Morgan fingerprint density at radius 3 is 2.41 bits per heavy atom. The Morgan fingerprint density at radius 2 is 1.86 bits per heavy atom. The van der Waals surface area contributed by atoms with E-state index in [2.05, 4.69) is 0 Å². The fourth-order valence-corrected chi connectivity index (χ4v) is 2.06. The Bertz CT molecular complexity index is 623. The number of hydrogen-bond donors (Lipinski definition) is 0. The van der Waals surface area contributed by atoms with Crippen LogP contribution in [0.2, 0.25) is 0 Å². The normalized spacial score (nSPS) is 10.2. The Kier molecular flexibility index (Phi) is 4.93. The Morgan fingerprint density at radius 1 is 1.14 bits per heavy atom. The molecule has 1 heterocycles. The minimum absolute atomic E-state index is 0.149. The molecule has 0 unspecified atom stereocenters. The largest absolute Gasteiger partial charge is 0.493 e. The number of furan rings is 1. The Hall–Kier alpha value is -2.63. The zero-order valence-electron chi connectivity index (χ0n) is 13.2. The van der Waals surface area contributed by atoms with Crippen molar-refractivity contribution in [3.63, 3.8) is 0 Å². The van der Waals surface area contributed by atoms with E-state index < -0.39 is 0 Å². The van der Waals surface area contributed by atoms with Gasteiger partial charge in [-0.15, -0.1) is 0 Å². The Labute approximate surface area is 129 Å². The van der Waals surface area contributed by atoms with Crippen LogP contribution in [-0.2, 0) is 6.54 Å². The van der Waals surface area contributed by atoms with Crippen LogP contribution in [0.1, 0.15) is 5.76 Å². The second kappa shape index (κ2) is 6.89. The first-order valence-electron chi connectivity index (χ1n) is 6.80. The molecule has 118 valence electrons. The van der Waals surface area contributed by atoms with Crippen LogP contribution in [0, 0.1) is 0 Å². The molecule has 1 aromatic carbocycles. The van der Waals surface area contributed by atoms with Crippen LogP contribution in [0.4, 0.5) is 10.5 Å². The molecule has 0 aliphatic rings. The topological polar surface area (TPSA) is 55.2 Å². The number of amides is 2. The van der Waals surface area contributed by atoms with E-state index in [1.807, 2.05) is 12.1 Å². The molecular formula is C16H20N2O4. The van der Waals surface area contributed by atoms with Gasteiger partial charge in [0.05, 0.1) is 27.0 Å². The minimum atomic E-state index is -0.149. The van der Waals surface area contributed by atoms with Crippen LogP contribution in [0.5, 0.6) is 11.5 Å². The van der Waals surface area contributed by atoms with Crippen molar-refractivity contribution in [1.29, 1.82) is 0 Å². The summed E-state index contributed by atoms with van der Waals surface area (Å²) >= 11 is 0. The summed E-state index contributed by atoms with van der Waals surface area (Å²) in [6, 6.07) is 8.82. The molecule has 22 heavy (non-hydrogen) atoms. The number of carbonyl (C=O) groups excluding carboxylic acids is 1. The molecule has 2 amide bonds. The monoisotopic (exact) mass is 304 g/mol. The first kappa shape index (κ1) is 15.8. The van der Waals surface area contributed by atoms with Gasteiger partial charge in [0.2, 0.25) is 0 Å². The molecule has 0 fully saturated rings. The average molecular weight is 304 g/mol. The number of nitrogens with zero attached hydrogens (tertiary/aromatic N) is 2. The van der Waals surface area contributed by atoms with Crippen LogP contribution in [-0.4, -0.2) is 39.2 Å². The molecule has 0 aliphatic carbocycles. The summed E-state index contributed by atoms with van der Waals surface area (Å²) in [6.07, 6.45) is 1.59. The van der Waals surface area contributed by atoms with Crippen molar-refractivity contribution in [2.45, 2.75) is 6.54 Å². The van der Waals surface area contributed by atoms with E-state index in [4.69, 9.17) is 13.9 Å². The summed E-state index contributed by atoms with van der Waals surface area (Å²) in [6.45, 7) is 0.333. The third-order valence-electron chi connectivity index (χ3n) is 3.19. The SMILES string of the molecule is COc1ccc(N(Cc2ccco2)C(=O)N(C)C)cc1OC. The molecule has 6 nitrogen and oxygen atoms in total. The van der Waals surface area contributed by atoms with Gasteiger partial charge in [-0.1, -0.05) is 0 Å². The van der Waals surface area contributed by atoms with Gasteiger partial charge in [0, 0.05) is 25.8 Å². The number of urea groups is 1. The maximum absolute atomic E-state index is 12.5. The van der Waals surface area contributed by atoms with E-state index >= 15 is 0 Å².